The summed E-state index contributed by atoms with van der Waals surface area (Å²) in [6.45, 7) is 6.92. The molecule has 0 saturated carbocycles. The minimum absolute atomic E-state index is 0.117. The lowest BCUT2D eigenvalue weighted by Crippen LogP contribution is -2.17. The van der Waals surface area contributed by atoms with Gasteiger partial charge in [-0.25, -0.2) is 0 Å². The van der Waals surface area contributed by atoms with Crippen LogP contribution in [0.4, 0.5) is 5.69 Å². The van der Waals surface area contributed by atoms with Crippen LogP contribution in [0.15, 0.2) is 53.7 Å². The predicted molar refractivity (Wildman–Crippen MR) is 129 cm³/mol. The van der Waals surface area contributed by atoms with Crippen LogP contribution in [0.1, 0.15) is 32.7 Å². The Kier molecular flexibility index (Phi) is 8.59. The second-order valence-corrected chi connectivity index (χ2v) is 8.79. The van der Waals surface area contributed by atoms with Gasteiger partial charge in [-0.05, 0) is 61.4 Å². The van der Waals surface area contributed by atoms with Crippen LogP contribution in [0.3, 0.4) is 0 Å². The lowest BCUT2D eigenvalue weighted by Gasteiger charge is -2.18. The third-order valence-electron chi connectivity index (χ3n) is 4.74. The number of nitrogens with zero attached hydrogens (tertiary/aromatic N) is 3. The number of benzene rings is 2. The van der Waals surface area contributed by atoms with Crippen LogP contribution in [0.25, 0.3) is 0 Å². The molecule has 0 bridgehead atoms. The van der Waals surface area contributed by atoms with Crippen LogP contribution in [-0.2, 0) is 11.3 Å². The van der Waals surface area contributed by atoms with Gasteiger partial charge in [0, 0.05) is 12.2 Å². The summed E-state index contributed by atoms with van der Waals surface area (Å²) in [6.07, 6.45) is -0.313. The molecule has 8 nitrogen and oxygen atoms in total. The summed E-state index contributed by atoms with van der Waals surface area (Å²) < 4.78 is 18.5. The van der Waals surface area contributed by atoms with Crippen molar-refractivity contribution in [2.24, 2.45) is 5.92 Å². The minimum Gasteiger partial charge on any atom is -0.497 e. The first-order valence-electron chi connectivity index (χ1n) is 10.7. The third kappa shape index (κ3) is 6.89. The van der Waals surface area contributed by atoms with Crippen LogP contribution in [0.5, 0.6) is 17.2 Å². The molecule has 1 heterocycles. The minimum atomic E-state index is -0.313. The van der Waals surface area contributed by atoms with Gasteiger partial charge >= 0.3 is 0 Å². The van der Waals surface area contributed by atoms with Crippen LogP contribution in [-0.4, -0.2) is 40.6 Å². The van der Waals surface area contributed by atoms with Gasteiger partial charge in [0.15, 0.2) is 17.1 Å². The zero-order chi connectivity index (χ0) is 23.8. The number of amides is 1. The first-order chi connectivity index (χ1) is 15.9. The third-order valence-corrected chi connectivity index (χ3v) is 5.70. The van der Waals surface area contributed by atoms with Gasteiger partial charge in [0.05, 0.1) is 20.0 Å². The van der Waals surface area contributed by atoms with Crippen molar-refractivity contribution in [3.63, 3.8) is 0 Å². The normalized spacial score (nSPS) is 11.8. The van der Waals surface area contributed by atoms with E-state index < -0.39 is 0 Å². The Balaban J connectivity index is 1.66. The highest BCUT2D eigenvalue weighted by molar-refractivity contribution is 7.99. The maximum Gasteiger partial charge on any atom is 0.234 e. The van der Waals surface area contributed by atoms with Gasteiger partial charge in [-0.2, -0.15) is 0 Å². The highest BCUT2D eigenvalue weighted by Crippen LogP contribution is 2.27. The van der Waals surface area contributed by atoms with Gasteiger partial charge in [-0.1, -0.05) is 25.6 Å². The molecule has 2 aromatic carbocycles. The van der Waals surface area contributed by atoms with Crippen molar-refractivity contribution < 1.29 is 19.0 Å². The fraction of sp³-hybridized carbons (Fsp3) is 0.375. The Morgan fingerprint density at radius 1 is 0.939 bits per heavy atom. The molecule has 1 atom stereocenters. The summed E-state index contributed by atoms with van der Waals surface area (Å²) in [5, 5.41) is 12.3. The summed E-state index contributed by atoms with van der Waals surface area (Å²) in [7, 11) is 3.23. The van der Waals surface area contributed by atoms with Crippen molar-refractivity contribution in [3.05, 3.63) is 54.4 Å². The molecule has 1 amide bonds. The van der Waals surface area contributed by atoms with E-state index in [2.05, 4.69) is 29.4 Å². The number of methoxy groups -OCH3 is 2. The van der Waals surface area contributed by atoms with Crippen molar-refractivity contribution in [2.75, 3.05) is 25.3 Å². The molecule has 1 unspecified atom stereocenters. The molecule has 3 rings (SSSR count). The number of carbonyl (C=O) groups is 1. The standard InChI is InChI=1S/C24H30N4O4S/c1-16(2)14-28-23(17(3)32-21-12-10-20(31-5)11-13-21)26-27-24(28)33-15-22(29)25-18-6-8-19(30-4)9-7-18/h6-13,16-17H,14-15H2,1-5H3,(H,25,29). The van der Waals surface area contributed by atoms with Crippen LogP contribution >= 0.6 is 11.8 Å². The van der Waals surface area contributed by atoms with E-state index >= 15 is 0 Å². The van der Waals surface area contributed by atoms with Crippen LogP contribution in [0.2, 0.25) is 0 Å². The number of hydrogen-bond donors (Lipinski definition) is 1. The molecular weight excluding hydrogens is 440 g/mol. The van der Waals surface area contributed by atoms with Crippen LogP contribution < -0.4 is 19.5 Å². The molecule has 3 aromatic rings. The van der Waals surface area contributed by atoms with Crippen LogP contribution in [0, 0.1) is 5.92 Å². The maximum atomic E-state index is 12.5. The average molecular weight is 471 g/mol. The van der Waals surface area contributed by atoms with E-state index in [4.69, 9.17) is 14.2 Å². The smallest absolute Gasteiger partial charge is 0.234 e. The van der Waals surface area contributed by atoms with Gasteiger partial charge in [-0.15, -0.1) is 10.2 Å². The zero-order valence-corrected chi connectivity index (χ0v) is 20.4. The molecular formula is C24H30N4O4S. The SMILES string of the molecule is COc1ccc(NC(=O)CSc2nnc(C(C)Oc3ccc(OC)cc3)n2CC(C)C)cc1. The Morgan fingerprint density at radius 2 is 1.52 bits per heavy atom. The second-order valence-electron chi connectivity index (χ2n) is 7.85. The highest BCUT2D eigenvalue weighted by atomic mass is 32.2. The molecule has 0 aliphatic heterocycles. The first kappa shape index (κ1) is 24.4. The number of anilines is 1. The van der Waals surface area contributed by atoms with E-state index in [0.717, 1.165) is 29.6 Å². The van der Waals surface area contributed by atoms with Gasteiger partial charge < -0.3 is 24.1 Å². The number of hydrogen-bond acceptors (Lipinski definition) is 7. The fourth-order valence-electron chi connectivity index (χ4n) is 3.16. The first-order valence-corrected chi connectivity index (χ1v) is 11.7. The number of carbonyl (C=O) groups excluding carboxylic acids is 1. The average Bonchev–Trinajstić information content (AvgIpc) is 3.20. The molecule has 9 heteroatoms. The maximum absolute atomic E-state index is 12.5. The van der Waals surface area contributed by atoms with Gasteiger partial charge in [0.1, 0.15) is 17.2 Å². The Bertz CT molecular complexity index is 1040. The predicted octanol–water partition coefficient (Wildman–Crippen LogP) is 4.82. The lowest BCUT2D eigenvalue weighted by atomic mass is 10.2. The lowest BCUT2D eigenvalue weighted by molar-refractivity contribution is -0.113. The van der Waals surface area contributed by atoms with E-state index in [-0.39, 0.29) is 17.8 Å². The Morgan fingerprint density at radius 3 is 2.09 bits per heavy atom. The van der Waals surface area contributed by atoms with Crippen molar-refractivity contribution in [2.45, 2.75) is 38.6 Å². The molecule has 0 saturated heterocycles. The summed E-state index contributed by atoms with van der Waals surface area (Å²) in [4.78, 5) is 12.5. The number of nitrogens with one attached hydrogen (secondary N) is 1. The molecule has 0 radical (unpaired) electrons. The van der Waals surface area contributed by atoms with Crippen molar-refractivity contribution in [3.8, 4) is 17.2 Å². The Hall–Kier alpha value is -3.20. The topological polar surface area (TPSA) is 87.5 Å². The van der Waals surface area contributed by atoms with Crippen molar-refractivity contribution in [1.82, 2.24) is 14.8 Å². The molecule has 33 heavy (non-hydrogen) atoms. The molecule has 1 N–H and O–H groups in total. The summed E-state index contributed by atoms with van der Waals surface area (Å²) in [5.74, 6) is 3.42. The monoisotopic (exact) mass is 470 g/mol. The Labute approximate surface area is 198 Å². The summed E-state index contributed by atoms with van der Waals surface area (Å²) >= 11 is 1.35. The van der Waals surface area contributed by atoms with Gasteiger partial charge in [0.2, 0.25) is 5.91 Å². The van der Waals surface area contributed by atoms with Gasteiger partial charge in [-0.3, -0.25) is 4.79 Å². The molecule has 0 spiro atoms. The van der Waals surface area contributed by atoms with E-state index in [1.807, 2.05) is 35.8 Å². The number of thioether (sulfide) groups is 1. The summed E-state index contributed by atoms with van der Waals surface area (Å²) in [5.41, 5.74) is 0.715. The van der Waals surface area contributed by atoms with E-state index in [1.165, 1.54) is 11.8 Å². The largest absolute Gasteiger partial charge is 0.497 e. The number of ether oxygens (including phenoxy) is 3. The van der Waals surface area contributed by atoms with E-state index in [9.17, 15) is 4.79 Å². The number of aromatic nitrogens is 3. The second kappa shape index (κ2) is 11.6. The van der Waals surface area contributed by atoms with Crippen molar-refractivity contribution >= 4 is 23.4 Å². The van der Waals surface area contributed by atoms with E-state index in [1.54, 1.807) is 38.5 Å². The van der Waals surface area contributed by atoms with Crippen molar-refractivity contribution in [1.29, 1.82) is 0 Å². The summed E-state index contributed by atoms with van der Waals surface area (Å²) in [6, 6.07) is 14.6. The molecule has 0 fully saturated rings. The number of rotatable bonds is 11. The molecule has 0 aliphatic rings. The fourth-order valence-corrected chi connectivity index (χ4v) is 3.91. The zero-order valence-electron chi connectivity index (χ0n) is 19.6. The molecule has 176 valence electrons. The molecule has 0 aliphatic carbocycles. The van der Waals surface area contributed by atoms with Gasteiger partial charge in [0.25, 0.3) is 0 Å². The van der Waals surface area contributed by atoms with E-state index in [0.29, 0.717) is 16.8 Å². The molecule has 1 aromatic heterocycles. The quantitative estimate of drug-likeness (QED) is 0.402. The highest BCUT2D eigenvalue weighted by Gasteiger charge is 2.21.